The Morgan fingerprint density at radius 3 is 2.93 bits per heavy atom. The molecule has 0 radical (unpaired) electrons. The maximum absolute atomic E-state index is 13.6. The van der Waals surface area contributed by atoms with Gasteiger partial charge in [-0.05, 0) is 30.2 Å². The fourth-order valence-electron chi connectivity index (χ4n) is 4.68. The first-order chi connectivity index (χ1) is 13.7. The van der Waals surface area contributed by atoms with Gasteiger partial charge in [-0.2, -0.15) is 0 Å². The summed E-state index contributed by atoms with van der Waals surface area (Å²) in [6.45, 7) is 2.02. The molecule has 0 saturated carbocycles. The van der Waals surface area contributed by atoms with E-state index in [0.29, 0.717) is 42.3 Å². The Morgan fingerprint density at radius 2 is 2.07 bits per heavy atom. The van der Waals surface area contributed by atoms with Gasteiger partial charge >= 0.3 is 0 Å². The van der Waals surface area contributed by atoms with Crippen molar-refractivity contribution in [3.63, 3.8) is 0 Å². The van der Waals surface area contributed by atoms with E-state index in [9.17, 15) is 9.18 Å². The summed E-state index contributed by atoms with van der Waals surface area (Å²) in [5.41, 5.74) is 2.23. The number of fused-ring (bicyclic) bond motifs is 2. The SMILES string of the molecule is O=C(Cc1noc2ccc(F)cc12)N1CC(c2ccccc2)C2COCCC21. The molecule has 2 aromatic carbocycles. The molecule has 0 N–H and O–H groups in total. The number of halogens is 1. The van der Waals surface area contributed by atoms with E-state index in [1.54, 1.807) is 6.07 Å². The lowest BCUT2D eigenvalue weighted by Gasteiger charge is -2.32. The summed E-state index contributed by atoms with van der Waals surface area (Å²) in [7, 11) is 0. The van der Waals surface area contributed by atoms with Crippen molar-refractivity contribution in [3.8, 4) is 0 Å². The third-order valence-corrected chi connectivity index (χ3v) is 6.05. The number of hydrogen-bond donors (Lipinski definition) is 0. The Hall–Kier alpha value is -2.73. The first kappa shape index (κ1) is 17.4. The summed E-state index contributed by atoms with van der Waals surface area (Å²) in [6.07, 6.45) is 0.954. The second-order valence-electron chi connectivity index (χ2n) is 7.60. The van der Waals surface area contributed by atoms with Crippen LogP contribution in [0, 0.1) is 11.7 Å². The van der Waals surface area contributed by atoms with Gasteiger partial charge in [-0.25, -0.2) is 4.39 Å². The number of hydrogen-bond acceptors (Lipinski definition) is 4. The van der Waals surface area contributed by atoms with Gasteiger partial charge in [0.25, 0.3) is 0 Å². The molecule has 3 heterocycles. The molecule has 1 aromatic heterocycles. The Morgan fingerprint density at radius 1 is 1.21 bits per heavy atom. The van der Waals surface area contributed by atoms with Crippen molar-refractivity contribution < 1.29 is 18.4 Å². The summed E-state index contributed by atoms with van der Waals surface area (Å²) in [4.78, 5) is 15.2. The lowest BCUT2D eigenvalue weighted by molar-refractivity contribution is -0.133. The van der Waals surface area contributed by atoms with E-state index in [0.717, 1.165) is 6.42 Å². The molecule has 0 spiro atoms. The molecule has 144 valence electrons. The Labute approximate surface area is 162 Å². The molecular formula is C22H21FN2O3. The summed E-state index contributed by atoms with van der Waals surface area (Å²) in [5.74, 6) is 0.211. The summed E-state index contributed by atoms with van der Waals surface area (Å²) in [5, 5.41) is 4.58. The Balaban J connectivity index is 1.41. The highest BCUT2D eigenvalue weighted by molar-refractivity contribution is 5.86. The van der Waals surface area contributed by atoms with Gasteiger partial charge in [-0.15, -0.1) is 0 Å². The number of carbonyl (C=O) groups excluding carboxylic acids is 1. The van der Waals surface area contributed by atoms with Gasteiger partial charge in [0.15, 0.2) is 5.58 Å². The van der Waals surface area contributed by atoms with E-state index in [2.05, 4.69) is 17.3 Å². The van der Waals surface area contributed by atoms with Crippen LogP contribution in [0.3, 0.4) is 0 Å². The van der Waals surface area contributed by atoms with E-state index in [-0.39, 0.29) is 30.1 Å². The minimum atomic E-state index is -0.362. The normalized spacial score (nSPS) is 24.5. The van der Waals surface area contributed by atoms with Crippen LogP contribution in [-0.4, -0.2) is 41.8 Å². The van der Waals surface area contributed by atoms with Gasteiger partial charge in [0.1, 0.15) is 11.5 Å². The van der Waals surface area contributed by atoms with E-state index in [4.69, 9.17) is 9.26 Å². The highest BCUT2D eigenvalue weighted by atomic mass is 19.1. The van der Waals surface area contributed by atoms with Crippen LogP contribution in [-0.2, 0) is 16.0 Å². The van der Waals surface area contributed by atoms with Gasteiger partial charge in [0, 0.05) is 36.4 Å². The molecule has 28 heavy (non-hydrogen) atoms. The van der Waals surface area contributed by atoms with Crippen molar-refractivity contribution in [1.29, 1.82) is 0 Å². The zero-order valence-electron chi connectivity index (χ0n) is 15.4. The predicted octanol–water partition coefficient (Wildman–Crippen LogP) is 3.54. The number of likely N-dealkylation sites (tertiary alicyclic amines) is 1. The van der Waals surface area contributed by atoms with Gasteiger partial charge in [-0.3, -0.25) is 4.79 Å². The maximum atomic E-state index is 13.6. The van der Waals surface area contributed by atoms with Crippen LogP contribution in [0.1, 0.15) is 23.6 Å². The lowest BCUT2D eigenvalue weighted by Crippen LogP contribution is -2.42. The van der Waals surface area contributed by atoms with Crippen LogP contribution in [0.15, 0.2) is 53.1 Å². The van der Waals surface area contributed by atoms with Crippen molar-refractivity contribution in [1.82, 2.24) is 10.1 Å². The number of nitrogens with zero attached hydrogens (tertiary/aromatic N) is 2. The van der Waals surface area contributed by atoms with Crippen molar-refractivity contribution in [2.45, 2.75) is 24.8 Å². The zero-order valence-corrected chi connectivity index (χ0v) is 15.4. The van der Waals surface area contributed by atoms with Crippen molar-refractivity contribution in [2.75, 3.05) is 19.8 Å². The highest BCUT2D eigenvalue weighted by Crippen LogP contribution is 2.41. The van der Waals surface area contributed by atoms with E-state index in [1.165, 1.54) is 17.7 Å². The van der Waals surface area contributed by atoms with Crippen molar-refractivity contribution >= 4 is 16.9 Å². The van der Waals surface area contributed by atoms with Crippen LogP contribution in [0.2, 0.25) is 0 Å². The topological polar surface area (TPSA) is 55.6 Å². The largest absolute Gasteiger partial charge is 0.381 e. The fraction of sp³-hybridized carbons (Fsp3) is 0.364. The number of aromatic nitrogens is 1. The first-order valence-corrected chi connectivity index (χ1v) is 9.66. The van der Waals surface area contributed by atoms with Gasteiger partial charge in [0.2, 0.25) is 5.91 Å². The Bertz CT molecular complexity index is 1000. The fourth-order valence-corrected chi connectivity index (χ4v) is 4.68. The number of ether oxygens (including phenoxy) is 1. The molecule has 1 amide bonds. The van der Waals surface area contributed by atoms with Crippen LogP contribution < -0.4 is 0 Å². The van der Waals surface area contributed by atoms with E-state index >= 15 is 0 Å². The molecule has 5 rings (SSSR count). The highest BCUT2D eigenvalue weighted by Gasteiger charge is 2.45. The minimum absolute atomic E-state index is 0.00907. The van der Waals surface area contributed by atoms with Crippen LogP contribution in [0.4, 0.5) is 4.39 Å². The number of carbonyl (C=O) groups is 1. The molecule has 2 aliphatic rings. The molecule has 5 nitrogen and oxygen atoms in total. The second-order valence-corrected chi connectivity index (χ2v) is 7.60. The predicted molar refractivity (Wildman–Crippen MR) is 101 cm³/mol. The van der Waals surface area contributed by atoms with Gasteiger partial charge in [-0.1, -0.05) is 35.5 Å². The average Bonchev–Trinajstić information content (AvgIpc) is 3.30. The molecule has 2 saturated heterocycles. The standard InChI is InChI=1S/C22H21FN2O3/c23-15-6-7-21-16(10-15)19(24-28-21)11-22(26)25-12-17(14-4-2-1-3-5-14)18-13-27-9-8-20(18)25/h1-7,10,17-18,20H,8-9,11-13H2. The van der Waals surface area contributed by atoms with Gasteiger partial charge < -0.3 is 14.2 Å². The van der Waals surface area contributed by atoms with E-state index < -0.39 is 0 Å². The number of rotatable bonds is 3. The van der Waals surface area contributed by atoms with Crippen LogP contribution in [0.25, 0.3) is 11.0 Å². The van der Waals surface area contributed by atoms with Gasteiger partial charge in [0.05, 0.1) is 13.0 Å². The summed E-state index contributed by atoms with van der Waals surface area (Å²) >= 11 is 0. The third-order valence-electron chi connectivity index (χ3n) is 6.05. The summed E-state index contributed by atoms with van der Waals surface area (Å²) in [6, 6.07) is 14.7. The molecular weight excluding hydrogens is 359 g/mol. The molecule has 3 atom stereocenters. The lowest BCUT2D eigenvalue weighted by atomic mass is 9.84. The first-order valence-electron chi connectivity index (χ1n) is 9.66. The molecule has 0 bridgehead atoms. The number of amides is 1. The molecule has 2 aliphatic heterocycles. The smallest absolute Gasteiger partial charge is 0.229 e. The quantitative estimate of drug-likeness (QED) is 0.697. The van der Waals surface area contributed by atoms with Crippen LogP contribution in [0.5, 0.6) is 0 Å². The van der Waals surface area contributed by atoms with Crippen molar-refractivity contribution in [2.24, 2.45) is 5.92 Å². The molecule has 6 heteroatoms. The molecule has 3 aromatic rings. The summed E-state index contributed by atoms with van der Waals surface area (Å²) < 4.78 is 24.6. The second kappa shape index (κ2) is 7.02. The number of benzene rings is 2. The molecule has 0 aliphatic carbocycles. The molecule has 3 unspecified atom stereocenters. The monoisotopic (exact) mass is 380 g/mol. The zero-order chi connectivity index (χ0) is 19.1. The Kier molecular flexibility index (Phi) is 4.36. The third kappa shape index (κ3) is 2.98. The van der Waals surface area contributed by atoms with E-state index in [1.807, 2.05) is 23.1 Å². The minimum Gasteiger partial charge on any atom is -0.381 e. The van der Waals surface area contributed by atoms with Crippen LogP contribution >= 0.6 is 0 Å². The molecule has 2 fully saturated rings. The maximum Gasteiger partial charge on any atom is 0.229 e. The van der Waals surface area contributed by atoms with Crippen molar-refractivity contribution in [3.05, 3.63) is 65.6 Å². The average molecular weight is 380 g/mol.